The Labute approximate surface area is 267 Å². The fourth-order valence-corrected chi connectivity index (χ4v) is 5.74. The number of phenols is 1. The fourth-order valence-electron chi connectivity index (χ4n) is 5.43. The van der Waals surface area contributed by atoms with Gasteiger partial charge in [-0.1, -0.05) is 145 Å². The van der Waals surface area contributed by atoms with E-state index in [1.54, 1.807) is 12.1 Å². The number of thiocarbonyl (C=S) groups is 1. The third kappa shape index (κ3) is 18.0. The summed E-state index contributed by atoms with van der Waals surface area (Å²) in [5.74, 6) is 0.542. The van der Waals surface area contributed by atoms with Crippen LogP contribution in [0.2, 0.25) is 0 Å². The van der Waals surface area contributed by atoms with Gasteiger partial charge >= 0.3 is 5.97 Å². The average Bonchev–Trinajstić information content (AvgIpc) is 3.01. The summed E-state index contributed by atoms with van der Waals surface area (Å²) in [6.45, 7) is 3.17. The molecular weight excluding hydrogens is 554 g/mol. The molecule has 0 amide bonds. The van der Waals surface area contributed by atoms with Crippen LogP contribution in [-0.4, -0.2) is 29.8 Å². The zero-order chi connectivity index (χ0) is 31.0. The van der Waals surface area contributed by atoms with Crippen molar-refractivity contribution in [3.8, 4) is 11.5 Å². The number of benzene rings is 2. The molecule has 2 aromatic carbocycles. The molecule has 0 aliphatic rings. The molecule has 0 aromatic heterocycles. The van der Waals surface area contributed by atoms with E-state index in [1.165, 1.54) is 96.1 Å². The molecule has 0 saturated carbocycles. The van der Waals surface area contributed by atoms with Gasteiger partial charge in [0.05, 0.1) is 18.7 Å². The number of phenolic OH excluding ortho intramolecular Hbond substituents is 1. The number of aromatic hydroxyl groups is 1. The molecule has 0 fully saturated rings. The molecule has 0 heterocycles. The van der Waals surface area contributed by atoms with Crippen LogP contribution >= 0.6 is 12.2 Å². The van der Waals surface area contributed by atoms with Gasteiger partial charge < -0.3 is 19.9 Å². The predicted octanol–water partition coefficient (Wildman–Crippen LogP) is 9.87. The number of esters is 1. The number of hydrogen-bond donors (Lipinski definition) is 2. The Morgan fingerprint density at radius 2 is 1.40 bits per heavy atom. The summed E-state index contributed by atoms with van der Waals surface area (Å²) in [7, 11) is 1.53. The summed E-state index contributed by atoms with van der Waals surface area (Å²) in [5, 5.41) is 13.1. The van der Waals surface area contributed by atoms with Gasteiger partial charge in [0, 0.05) is 25.3 Å². The molecule has 1 atom stereocenters. The van der Waals surface area contributed by atoms with Gasteiger partial charge in [-0.3, -0.25) is 4.79 Å². The van der Waals surface area contributed by atoms with Crippen molar-refractivity contribution in [3.05, 3.63) is 59.7 Å². The van der Waals surface area contributed by atoms with Crippen molar-refractivity contribution in [2.45, 2.75) is 129 Å². The molecule has 6 heteroatoms. The van der Waals surface area contributed by atoms with E-state index in [1.807, 2.05) is 24.3 Å². The van der Waals surface area contributed by atoms with E-state index in [4.69, 9.17) is 21.7 Å². The van der Waals surface area contributed by atoms with Crippen molar-refractivity contribution in [3.63, 3.8) is 0 Å². The maximum atomic E-state index is 12.5. The molecule has 0 aliphatic heterocycles. The SMILES string of the molecule is CCCCCCCCCCCCCCCCCC(=O)OCC(CC(=S)NCc1ccc(O)c(OC)c1)Cc1ccccc1. The first-order valence-electron chi connectivity index (χ1n) is 16.8. The number of carbonyl (C=O) groups excluding carboxylic acids is 1. The lowest BCUT2D eigenvalue weighted by atomic mass is 9.96. The van der Waals surface area contributed by atoms with Crippen molar-refractivity contribution < 1.29 is 19.4 Å². The van der Waals surface area contributed by atoms with Gasteiger partial charge in [-0.25, -0.2) is 0 Å². The predicted molar refractivity (Wildman–Crippen MR) is 183 cm³/mol. The van der Waals surface area contributed by atoms with Gasteiger partial charge in [0.15, 0.2) is 11.5 Å². The second kappa shape index (κ2) is 23.8. The third-order valence-electron chi connectivity index (χ3n) is 8.04. The molecular formula is C37H57NO4S. The van der Waals surface area contributed by atoms with Crippen LogP contribution in [0.1, 0.15) is 127 Å². The van der Waals surface area contributed by atoms with E-state index < -0.39 is 0 Å². The van der Waals surface area contributed by atoms with E-state index in [2.05, 4.69) is 24.4 Å². The number of nitrogens with one attached hydrogen (secondary N) is 1. The van der Waals surface area contributed by atoms with Gasteiger partial charge in [0.25, 0.3) is 0 Å². The molecule has 5 nitrogen and oxygen atoms in total. The van der Waals surface area contributed by atoms with E-state index in [9.17, 15) is 9.90 Å². The van der Waals surface area contributed by atoms with Crippen LogP contribution in [0.5, 0.6) is 11.5 Å². The second-order valence-electron chi connectivity index (χ2n) is 11.9. The summed E-state index contributed by atoms with van der Waals surface area (Å²) < 4.78 is 10.9. The van der Waals surface area contributed by atoms with Crippen LogP contribution in [0.4, 0.5) is 0 Å². The number of rotatable bonds is 25. The summed E-state index contributed by atoms with van der Waals surface area (Å²) in [5.41, 5.74) is 2.17. The minimum Gasteiger partial charge on any atom is -0.504 e. The third-order valence-corrected chi connectivity index (χ3v) is 8.35. The monoisotopic (exact) mass is 611 g/mol. The number of unbranched alkanes of at least 4 members (excludes halogenated alkanes) is 14. The van der Waals surface area contributed by atoms with Crippen LogP contribution in [-0.2, 0) is 22.5 Å². The summed E-state index contributed by atoms with van der Waals surface area (Å²) in [6.07, 6.45) is 21.6. The largest absolute Gasteiger partial charge is 0.504 e. The number of ether oxygens (including phenoxy) is 2. The zero-order valence-corrected chi connectivity index (χ0v) is 27.7. The Hall–Kier alpha value is -2.60. The van der Waals surface area contributed by atoms with Crippen LogP contribution in [0.15, 0.2) is 48.5 Å². The van der Waals surface area contributed by atoms with E-state index in [-0.39, 0.29) is 17.6 Å². The minimum atomic E-state index is -0.108. The molecule has 43 heavy (non-hydrogen) atoms. The lowest BCUT2D eigenvalue weighted by Crippen LogP contribution is -2.27. The Morgan fingerprint density at radius 3 is 1.98 bits per heavy atom. The highest BCUT2D eigenvalue weighted by Crippen LogP contribution is 2.26. The van der Waals surface area contributed by atoms with Gasteiger partial charge in [-0.15, -0.1) is 0 Å². The van der Waals surface area contributed by atoms with Gasteiger partial charge in [-0.2, -0.15) is 0 Å². The Kier molecular flexibility index (Phi) is 20.3. The maximum Gasteiger partial charge on any atom is 0.305 e. The minimum absolute atomic E-state index is 0.0989. The highest BCUT2D eigenvalue weighted by Gasteiger charge is 2.16. The summed E-state index contributed by atoms with van der Waals surface area (Å²) in [4.78, 5) is 13.2. The molecule has 0 radical (unpaired) electrons. The average molecular weight is 612 g/mol. The van der Waals surface area contributed by atoms with Crippen LogP contribution in [0.25, 0.3) is 0 Å². The Bertz CT molecular complexity index is 1010. The molecule has 2 rings (SSSR count). The van der Waals surface area contributed by atoms with Crippen LogP contribution in [0, 0.1) is 5.92 Å². The smallest absolute Gasteiger partial charge is 0.305 e. The van der Waals surface area contributed by atoms with Gasteiger partial charge in [-0.05, 0) is 36.1 Å². The molecule has 0 bridgehead atoms. The van der Waals surface area contributed by atoms with Crippen LogP contribution < -0.4 is 10.1 Å². The first-order chi connectivity index (χ1) is 21.0. The topological polar surface area (TPSA) is 67.8 Å². The van der Waals surface area contributed by atoms with Crippen molar-refractivity contribution in [2.75, 3.05) is 13.7 Å². The van der Waals surface area contributed by atoms with Crippen molar-refractivity contribution >= 4 is 23.2 Å². The van der Waals surface area contributed by atoms with E-state index in [0.717, 1.165) is 29.8 Å². The molecule has 1 unspecified atom stereocenters. The van der Waals surface area contributed by atoms with E-state index >= 15 is 0 Å². The normalized spacial score (nSPS) is 11.7. The Morgan fingerprint density at radius 1 is 0.814 bits per heavy atom. The van der Waals surface area contributed by atoms with Gasteiger partial charge in [0.1, 0.15) is 0 Å². The summed E-state index contributed by atoms with van der Waals surface area (Å²) in [6, 6.07) is 15.5. The number of hydrogen-bond acceptors (Lipinski definition) is 5. The zero-order valence-electron chi connectivity index (χ0n) is 26.9. The standard InChI is InChI=1S/C37H57NO4S/c1-3-4-5-6-7-8-9-10-11-12-13-14-15-16-20-23-37(40)42-30-33(26-31-21-18-17-19-22-31)28-36(43)38-29-32-24-25-34(39)35(27-32)41-2/h17-19,21-22,24-25,27,33,39H,3-16,20,23,26,28-30H2,1-2H3,(H,38,43). The van der Waals surface area contributed by atoms with Crippen molar-refractivity contribution in [2.24, 2.45) is 5.92 Å². The molecule has 0 aliphatic carbocycles. The maximum absolute atomic E-state index is 12.5. The first kappa shape index (κ1) is 36.6. The molecule has 240 valence electrons. The van der Waals surface area contributed by atoms with Gasteiger partial charge in [0.2, 0.25) is 0 Å². The second-order valence-corrected chi connectivity index (χ2v) is 12.4. The Balaban J connectivity index is 1.60. The lowest BCUT2D eigenvalue weighted by Gasteiger charge is -2.19. The summed E-state index contributed by atoms with van der Waals surface area (Å²) >= 11 is 5.65. The van der Waals surface area contributed by atoms with Crippen LogP contribution in [0.3, 0.4) is 0 Å². The highest BCUT2D eigenvalue weighted by molar-refractivity contribution is 7.80. The quantitative estimate of drug-likeness (QED) is 0.0662. The number of carbonyl (C=O) groups is 1. The highest BCUT2D eigenvalue weighted by atomic mass is 32.1. The van der Waals surface area contributed by atoms with Crippen molar-refractivity contribution in [1.82, 2.24) is 5.32 Å². The van der Waals surface area contributed by atoms with Crippen molar-refractivity contribution in [1.29, 1.82) is 0 Å². The first-order valence-corrected chi connectivity index (χ1v) is 17.2. The fraction of sp³-hybridized carbons (Fsp3) is 0.622. The lowest BCUT2D eigenvalue weighted by molar-refractivity contribution is -0.145. The molecule has 0 saturated heterocycles. The number of methoxy groups -OCH3 is 1. The molecule has 0 spiro atoms. The molecule has 2 N–H and O–H groups in total. The molecule has 2 aromatic rings. The van der Waals surface area contributed by atoms with E-state index in [0.29, 0.717) is 31.7 Å².